The first-order chi connectivity index (χ1) is 24.0. The third kappa shape index (κ3) is 7.06. The van der Waals surface area contributed by atoms with Gasteiger partial charge < -0.3 is 9.30 Å². The molecule has 0 aliphatic carbocycles. The number of ether oxygens (including phenoxy) is 1. The molecule has 0 aliphatic heterocycles. The van der Waals surface area contributed by atoms with Crippen LogP contribution in [0.4, 0.5) is 0 Å². The summed E-state index contributed by atoms with van der Waals surface area (Å²) >= 11 is 0. The van der Waals surface area contributed by atoms with Crippen LogP contribution in [0.3, 0.4) is 0 Å². The summed E-state index contributed by atoms with van der Waals surface area (Å²) < 4.78 is 10.8. The number of benzene rings is 4. The van der Waals surface area contributed by atoms with Crippen molar-refractivity contribution in [1.29, 1.82) is 0 Å². The van der Waals surface area contributed by atoms with E-state index in [9.17, 15) is 0 Å². The number of hydrogen-bond acceptors (Lipinski definition) is 3. The maximum Gasteiger partial charge on any atom is 2.00 e. The molecule has 51 heavy (non-hydrogen) atoms. The summed E-state index contributed by atoms with van der Waals surface area (Å²) in [7, 11) is 0. The first-order valence-electron chi connectivity index (χ1n) is 17.8. The van der Waals surface area contributed by atoms with Gasteiger partial charge in [-0.2, -0.15) is 17.2 Å². The topological polar surface area (TPSA) is 44.9 Å². The Morgan fingerprint density at radius 3 is 2.25 bits per heavy atom. The smallest absolute Gasteiger partial charge is 0.509 e. The number of para-hydroxylation sites is 1. The van der Waals surface area contributed by atoms with Crippen molar-refractivity contribution in [3.63, 3.8) is 0 Å². The first-order valence-corrected chi connectivity index (χ1v) is 17.8. The number of pyridine rings is 1. The van der Waals surface area contributed by atoms with Crippen molar-refractivity contribution >= 4 is 21.8 Å². The molecular weight excluding hydrogens is 808 g/mol. The number of rotatable bonds is 8. The minimum Gasteiger partial charge on any atom is -0.509 e. The molecule has 0 bridgehead atoms. The maximum absolute atomic E-state index is 6.54. The molecule has 0 aliphatic rings. The summed E-state index contributed by atoms with van der Waals surface area (Å²) in [5.41, 5.74) is 9.97. The Balaban J connectivity index is 0.00000448. The van der Waals surface area contributed by atoms with E-state index in [2.05, 4.69) is 150 Å². The van der Waals surface area contributed by atoms with E-state index < -0.39 is 0 Å². The predicted molar refractivity (Wildman–Crippen MR) is 206 cm³/mol. The number of nitrogens with zero attached hydrogens (tertiary/aromatic N) is 4. The Labute approximate surface area is 317 Å². The molecule has 7 aromatic rings. The van der Waals surface area contributed by atoms with E-state index in [0.29, 0.717) is 11.5 Å². The van der Waals surface area contributed by atoms with Crippen molar-refractivity contribution in [2.24, 2.45) is 0 Å². The molecule has 6 heteroatoms. The van der Waals surface area contributed by atoms with Crippen LogP contribution in [0, 0.1) is 12.1 Å². The first kappa shape index (κ1) is 36.3. The van der Waals surface area contributed by atoms with Gasteiger partial charge in [0.25, 0.3) is 0 Å². The molecule has 0 unspecified atom stereocenters. The minimum atomic E-state index is -0.188. The second-order valence-corrected chi connectivity index (χ2v) is 15.2. The molecule has 3 aromatic heterocycles. The molecule has 5 nitrogen and oxygen atoms in total. The van der Waals surface area contributed by atoms with Gasteiger partial charge in [0.15, 0.2) is 0 Å². The molecule has 0 spiro atoms. The van der Waals surface area contributed by atoms with Gasteiger partial charge in [0.1, 0.15) is 5.82 Å². The van der Waals surface area contributed by atoms with E-state index >= 15 is 0 Å². The van der Waals surface area contributed by atoms with Gasteiger partial charge in [0.2, 0.25) is 0 Å². The van der Waals surface area contributed by atoms with E-state index in [1.54, 1.807) is 0 Å². The Morgan fingerprint density at radius 2 is 1.51 bits per heavy atom. The van der Waals surface area contributed by atoms with Gasteiger partial charge in [-0.15, -0.1) is 35.7 Å². The van der Waals surface area contributed by atoms with Gasteiger partial charge in [-0.3, -0.25) is 4.68 Å². The predicted octanol–water partition coefficient (Wildman–Crippen LogP) is 11.5. The summed E-state index contributed by atoms with van der Waals surface area (Å²) in [5.74, 6) is 2.10. The van der Waals surface area contributed by atoms with Gasteiger partial charge in [-0.25, -0.2) is 4.98 Å². The molecule has 262 valence electrons. The van der Waals surface area contributed by atoms with Crippen molar-refractivity contribution in [2.75, 3.05) is 0 Å². The Bertz CT molecular complexity index is 2330. The minimum absolute atomic E-state index is 0. The molecular formula is C45H46N4OPt. The van der Waals surface area contributed by atoms with Gasteiger partial charge in [-0.1, -0.05) is 110 Å². The van der Waals surface area contributed by atoms with E-state index in [4.69, 9.17) is 14.8 Å². The van der Waals surface area contributed by atoms with Crippen molar-refractivity contribution in [3.05, 3.63) is 132 Å². The molecule has 0 atom stereocenters. The van der Waals surface area contributed by atoms with Crippen LogP contribution in [0.1, 0.15) is 84.3 Å². The van der Waals surface area contributed by atoms with Crippen LogP contribution in [0.5, 0.6) is 11.5 Å². The van der Waals surface area contributed by atoms with Crippen LogP contribution in [0.2, 0.25) is 0 Å². The van der Waals surface area contributed by atoms with E-state index in [1.165, 1.54) is 27.9 Å². The maximum atomic E-state index is 6.54. The third-order valence-electron chi connectivity index (χ3n) is 9.38. The Hall–Kier alpha value is -4.47. The zero-order chi connectivity index (χ0) is 35.2. The number of hydrogen-bond donors (Lipinski definition) is 0. The van der Waals surface area contributed by atoms with Crippen molar-refractivity contribution in [1.82, 2.24) is 19.3 Å². The average Bonchev–Trinajstić information content (AvgIpc) is 3.65. The van der Waals surface area contributed by atoms with Gasteiger partial charge in [-0.05, 0) is 64.2 Å². The number of aromatic nitrogens is 4. The summed E-state index contributed by atoms with van der Waals surface area (Å²) in [4.78, 5) is 4.76. The Morgan fingerprint density at radius 1 is 0.745 bits per heavy atom. The van der Waals surface area contributed by atoms with Crippen LogP contribution in [0.15, 0.2) is 97.2 Å². The van der Waals surface area contributed by atoms with Crippen LogP contribution in [-0.2, 0) is 44.7 Å². The molecule has 0 saturated heterocycles. The zero-order valence-corrected chi connectivity index (χ0v) is 33.1. The SMILES string of the molecule is CCCc1nn(-c2[c-]c(Oc3[c-]c4c(cc3)c3ccccc3n4-c3cc(CC)ccn3)ccc2)c(C(C)(C)C)c1-c1cccc(C(C)(C)C)c1.[Pt+2]. The molecule has 3 heterocycles. The Kier molecular flexibility index (Phi) is 10.2. The summed E-state index contributed by atoms with van der Waals surface area (Å²) in [6.07, 6.45) is 4.72. The fourth-order valence-electron chi connectivity index (χ4n) is 6.90. The summed E-state index contributed by atoms with van der Waals surface area (Å²) in [6.45, 7) is 18.0. The summed E-state index contributed by atoms with van der Waals surface area (Å²) in [6, 6.07) is 38.9. The fraction of sp³-hybridized carbons (Fsp3) is 0.289. The fourth-order valence-corrected chi connectivity index (χ4v) is 6.90. The normalized spacial score (nSPS) is 12.0. The summed E-state index contributed by atoms with van der Waals surface area (Å²) in [5, 5.41) is 7.55. The van der Waals surface area contributed by atoms with Crippen LogP contribution >= 0.6 is 0 Å². The molecule has 4 aromatic carbocycles. The van der Waals surface area contributed by atoms with Crippen molar-refractivity contribution < 1.29 is 25.8 Å². The van der Waals surface area contributed by atoms with Crippen molar-refractivity contribution in [2.45, 2.75) is 85.5 Å². The number of aryl methyl sites for hydroxylation is 2. The molecule has 0 fully saturated rings. The van der Waals surface area contributed by atoms with E-state index in [-0.39, 0.29) is 31.9 Å². The van der Waals surface area contributed by atoms with Gasteiger partial charge in [0, 0.05) is 34.2 Å². The van der Waals surface area contributed by atoms with Gasteiger partial charge in [0.05, 0.1) is 11.4 Å². The monoisotopic (exact) mass is 853 g/mol. The molecule has 0 amide bonds. The second kappa shape index (κ2) is 14.3. The molecule has 0 radical (unpaired) electrons. The zero-order valence-electron chi connectivity index (χ0n) is 30.9. The van der Waals surface area contributed by atoms with Crippen LogP contribution in [0.25, 0.3) is 44.4 Å². The van der Waals surface area contributed by atoms with E-state index in [0.717, 1.165) is 58.3 Å². The molecule has 7 rings (SSSR count). The quantitative estimate of drug-likeness (QED) is 0.143. The average molecular weight is 854 g/mol. The van der Waals surface area contributed by atoms with Crippen molar-refractivity contribution in [3.8, 4) is 34.1 Å². The largest absolute Gasteiger partial charge is 2.00 e. The number of fused-ring (bicyclic) bond motifs is 3. The van der Waals surface area contributed by atoms with E-state index in [1.807, 2.05) is 24.4 Å². The van der Waals surface area contributed by atoms with Crippen LogP contribution < -0.4 is 4.74 Å². The van der Waals surface area contributed by atoms with Gasteiger partial charge >= 0.3 is 21.1 Å². The standard InChI is InChI=1S/C45H46N4O.Pt/c1-9-15-38-42(31-16-13-17-32(27-31)44(3,4)5)43(45(6,7)8)49(47-38)33-18-14-19-34(28-33)50-35-22-23-37-36-20-11-12-21-39(36)48(40(37)29-35)41-26-30(10-2)24-25-46-41;/h11-14,16-27H,9-10,15H2,1-8H3;/q-2;+2. The second-order valence-electron chi connectivity index (χ2n) is 15.2. The van der Waals surface area contributed by atoms with Crippen LogP contribution in [-0.4, -0.2) is 19.3 Å². The third-order valence-corrected chi connectivity index (χ3v) is 9.38. The molecule has 0 saturated carbocycles. The molecule has 0 N–H and O–H groups in total.